The summed E-state index contributed by atoms with van der Waals surface area (Å²) in [6.07, 6.45) is 2.99. The summed E-state index contributed by atoms with van der Waals surface area (Å²) in [7, 11) is -0.640. The van der Waals surface area contributed by atoms with Gasteiger partial charge in [-0.2, -0.15) is 0 Å². The van der Waals surface area contributed by atoms with E-state index in [1.807, 2.05) is 0 Å². The van der Waals surface area contributed by atoms with E-state index in [-0.39, 0.29) is 0 Å². The molecule has 0 aromatic heterocycles. The molecule has 4 aromatic rings. The Labute approximate surface area is 180 Å². The van der Waals surface area contributed by atoms with Crippen LogP contribution in [0, 0.1) is 0 Å². The first-order chi connectivity index (χ1) is 14.8. The quantitative estimate of drug-likeness (QED) is 0.286. The van der Waals surface area contributed by atoms with E-state index in [0.717, 1.165) is 11.9 Å². The minimum absolute atomic E-state index is 0.909. The number of methoxy groups -OCH3 is 1. The van der Waals surface area contributed by atoms with Gasteiger partial charge in [0, 0.05) is 0 Å². The molecule has 0 fully saturated rings. The maximum atomic E-state index is 5.88. The minimum atomic E-state index is -2.40. The van der Waals surface area contributed by atoms with Crippen molar-refractivity contribution in [2.24, 2.45) is 0 Å². The van der Waals surface area contributed by atoms with Gasteiger partial charge in [-0.3, -0.25) is 0 Å². The van der Waals surface area contributed by atoms with E-state index >= 15 is 0 Å². The molecule has 0 aliphatic rings. The van der Waals surface area contributed by atoms with Crippen molar-refractivity contribution in [3.63, 3.8) is 0 Å². The van der Waals surface area contributed by atoms with E-state index in [2.05, 4.69) is 122 Å². The van der Waals surface area contributed by atoms with Crippen molar-refractivity contribution in [1.82, 2.24) is 0 Å². The second-order valence-corrected chi connectivity index (χ2v) is 11.3. The van der Waals surface area contributed by atoms with Gasteiger partial charge in [-0.15, -0.1) is 0 Å². The van der Waals surface area contributed by atoms with Gasteiger partial charge in [-0.1, -0.05) is 0 Å². The molecule has 0 spiro atoms. The standard InChI is InChI=1S/C28H27OP/c1-3-22-30(24-16-9-5-10-17-24,25-18-11-6-12-19-25)27-21-13-20-26(29-2)28(27)23-14-7-4-8-15-23/h3-21,30H,1,22H2,2H3. The normalized spacial score (nSPS) is 11.6. The second-order valence-electron chi connectivity index (χ2n) is 7.38. The first kappa shape index (κ1) is 20.1. The maximum absolute atomic E-state index is 5.88. The Morgan fingerprint density at radius 3 is 1.73 bits per heavy atom. The predicted octanol–water partition coefficient (Wildman–Crippen LogP) is 5.57. The van der Waals surface area contributed by atoms with Crippen molar-refractivity contribution in [1.29, 1.82) is 0 Å². The predicted molar refractivity (Wildman–Crippen MR) is 134 cm³/mol. The van der Waals surface area contributed by atoms with Crippen LogP contribution in [0.4, 0.5) is 0 Å². The Balaban J connectivity index is 2.13. The summed E-state index contributed by atoms with van der Waals surface area (Å²) >= 11 is 0. The van der Waals surface area contributed by atoms with Crippen LogP contribution in [-0.2, 0) is 0 Å². The third kappa shape index (κ3) is 3.58. The van der Waals surface area contributed by atoms with Crippen LogP contribution in [0.5, 0.6) is 5.75 Å². The van der Waals surface area contributed by atoms with Crippen LogP contribution in [0.1, 0.15) is 0 Å². The van der Waals surface area contributed by atoms with Crippen LogP contribution in [0.3, 0.4) is 0 Å². The third-order valence-electron chi connectivity index (χ3n) is 5.75. The van der Waals surface area contributed by atoms with E-state index in [4.69, 9.17) is 4.74 Å². The topological polar surface area (TPSA) is 9.23 Å². The zero-order chi connectivity index (χ0) is 20.8. The molecular formula is C28H27OP. The SMILES string of the molecule is C=CC[PH](c1ccccc1)(c1ccccc1)c1cccc(OC)c1-c1ccccc1. The van der Waals surface area contributed by atoms with Crippen LogP contribution in [0.15, 0.2) is 122 Å². The Kier molecular flexibility index (Phi) is 6.12. The van der Waals surface area contributed by atoms with Crippen LogP contribution in [0.2, 0.25) is 0 Å². The molecule has 0 radical (unpaired) electrons. The molecule has 150 valence electrons. The van der Waals surface area contributed by atoms with E-state index < -0.39 is 7.26 Å². The average molecular weight is 410 g/mol. The molecule has 30 heavy (non-hydrogen) atoms. The number of benzene rings is 4. The zero-order valence-electron chi connectivity index (χ0n) is 17.3. The van der Waals surface area contributed by atoms with Crippen molar-refractivity contribution in [2.75, 3.05) is 13.3 Å². The van der Waals surface area contributed by atoms with Crippen molar-refractivity contribution in [3.05, 3.63) is 122 Å². The molecule has 0 atom stereocenters. The van der Waals surface area contributed by atoms with E-state index in [9.17, 15) is 0 Å². The summed E-state index contributed by atoms with van der Waals surface area (Å²) in [5.74, 6) is 0.909. The monoisotopic (exact) mass is 410 g/mol. The summed E-state index contributed by atoms with van der Waals surface area (Å²) in [5.41, 5.74) is 2.36. The fraction of sp³-hybridized carbons (Fsp3) is 0.0714. The molecule has 0 saturated heterocycles. The molecule has 0 saturated carbocycles. The summed E-state index contributed by atoms with van der Waals surface area (Å²) in [5, 5.41) is 4.11. The van der Waals surface area contributed by atoms with Gasteiger partial charge in [0.1, 0.15) is 0 Å². The molecule has 0 bridgehead atoms. The van der Waals surface area contributed by atoms with Gasteiger partial charge >= 0.3 is 180 Å². The molecule has 1 nitrogen and oxygen atoms in total. The molecule has 0 N–H and O–H groups in total. The van der Waals surface area contributed by atoms with Gasteiger partial charge in [-0.05, 0) is 0 Å². The first-order valence-electron chi connectivity index (χ1n) is 10.3. The van der Waals surface area contributed by atoms with Gasteiger partial charge in [0.05, 0.1) is 0 Å². The van der Waals surface area contributed by atoms with Crippen molar-refractivity contribution >= 4 is 23.2 Å². The van der Waals surface area contributed by atoms with Gasteiger partial charge in [0.15, 0.2) is 0 Å². The molecule has 0 aliphatic carbocycles. The van der Waals surface area contributed by atoms with Crippen LogP contribution in [0.25, 0.3) is 11.1 Å². The van der Waals surface area contributed by atoms with Gasteiger partial charge in [0.25, 0.3) is 0 Å². The molecule has 4 aromatic carbocycles. The summed E-state index contributed by atoms with van der Waals surface area (Å²) < 4.78 is 5.88. The van der Waals surface area contributed by atoms with Gasteiger partial charge in [0.2, 0.25) is 0 Å². The molecule has 0 unspecified atom stereocenters. The molecule has 4 rings (SSSR count). The first-order valence-corrected chi connectivity index (χ1v) is 12.5. The van der Waals surface area contributed by atoms with E-state index in [1.54, 1.807) is 7.11 Å². The average Bonchev–Trinajstić information content (AvgIpc) is 2.83. The van der Waals surface area contributed by atoms with Crippen molar-refractivity contribution in [2.45, 2.75) is 0 Å². The van der Waals surface area contributed by atoms with Crippen molar-refractivity contribution < 1.29 is 4.74 Å². The van der Waals surface area contributed by atoms with Crippen LogP contribution >= 0.6 is 7.26 Å². The second kappa shape index (κ2) is 9.11. The molecule has 0 amide bonds. The Bertz CT molecular complexity index is 1070. The number of hydrogen-bond acceptors (Lipinski definition) is 1. The van der Waals surface area contributed by atoms with E-state index in [0.29, 0.717) is 0 Å². The van der Waals surface area contributed by atoms with Crippen molar-refractivity contribution in [3.8, 4) is 16.9 Å². The number of ether oxygens (including phenoxy) is 1. The summed E-state index contributed by atoms with van der Waals surface area (Å²) in [4.78, 5) is 0. The molecule has 0 aliphatic heterocycles. The van der Waals surface area contributed by atoms with Crippen LogP contribution < -0.4 is 20.7 Å². The summed E-state index contributed by atoms with van der Waals surface area (Å²) in [6, 6.07) is 38.9. The molecule has 2 heteroatoms. The third-order valence-corrected chi connectivity index (χ3v) is 10.6. The Morgan fingerprint density at radius 1 is 0.700 bits per heavy atom. The molecular weight excluding hydrogens is 383 g/mol. The Morgan fingerprint density at radius 2 is 1.23 bits per heavy atom. The Hall–Kier alpha value is -3.15. The van der Waals surface area contributed by atoms with Gasteiger partial charge < -0.3 is 0 Å². The summed E-state index contributed by atoms with van der Waals surface area (Å²) in [6.45, 7) is 4.17. The number of allylic oxidation sites excluding steroid dienone is 1. The number of hydrogen-bond donors (Lipinski definition) is 0. The fourth-order valence-corrected chi connectivity index (χ4v) is 9.12. The fourth-order valence-electron chi connectivity index (χ4n) is 4.44. The number of rotatable bonds is 7. The molecule has 0 heterocycles. The van der Waals surface area contributed by atoms with Crippen LogP contribution in [-0.4, -0.2) is 13.3 Å². The van der Waals surface area contributed by atoms with E-state index in [1.165, 1.54) is 27.0 Å². The van der Waals surface area contributed by atoms with Gasteiger partial charge in [-0.25, -0.2) is 0 Å². The zero-order valence-corrected chi connectivity index (χ0v) is 18.3.